The molecule has 2 heterocycles. The Labute approximate surface area is 199 Å². The minimum Gasteiger partial charge on any atom is -0.367 e. The van der Waals surface area contributed by atoms with Crippen LogP contribution in [-0.4, -0.2) is 45.8 Å². The molecular formula is C26H30N6O2. The molecule has 2 amide bonds. The van der Waals surface area contributed by atoms with Crippen LogP contribution in [0.2, 0.25) is 0 Å². The van der Waals surface area contributed by atoms with Gasteiger partial charge in [0.25, 0.3) is 5.91 Å². The van der Waals surface area contributed by atoms with Crippen molar-refractivity contribution in [2.45, 2.75) is 45.6 Å². The zero-order valence-electron chi connectivity index (χ0n) is 19.8. The van der Waals surface area contributed by atoms with Crippen molar-refractivity contribution in [3.63, 3.8) is 0 Å². The lowest BCUT2D eigenvalue weighted by molar-refractivity contribution is -0.120. The highest BCUT2D eigenvalue weighted by Crippen LogP contribution is 2.25. The molecule has 1 aromatic carbocycles. The van der Waals surface area contributed by atoms with Gasteiger partial charge in [0.05, 0.1) is 11.9 Å². The van der Waals surface area contributed by atoms with Gasteiger partial charge in [-0.3, -0.25) is 14.0 Å². The van der Waals surface area contributed by atoms with Gasteiger partial charge in [-0.25, -0.2) is 9.97 Å². The molecule has 2 aromatic heterocycles. The molecule has 8 heteroatoms. The van der Waals surface area contributed by atoms with Crippen molar-refractivity contribution >= 4 is 23.3 Å². The van der Waals surface area contributed by atoms with Crippen LogP contribution in [0.4, 0.5) is 5.82 Å². The predicted molar refractivity (Wildman–Crippen MR) is 132 cm³/mol. The molecular weight excluding hydrogens is 428 g/mol. The lowest BCUT2D eigenvalue weighted by atomic mass is 10.1. The van der Waals surface area contributed by atoms with Crippen molar-refractivity contribution in [3.05, 3.63) is 47.9 Å². The third-order valence-corrected chi connectivity index (χ3v) is 5.50. The standard InChI is InChI=1S/C26H30N6O2/c1-17(2)14-28-24-25-29-15-22(18-8-10-19(11-9-18)26(34)31-20-12-13-20)32(25)16-21(30-24)6-4-5-7-23(33)27-3/h8-11,15-17,20H,5,7,12-14H2,1-3H3,(H,27,33)(H,28,30)(H,31,34). The quantitative estimate of drug-likeness (QED) is 0.450. The molecule has 0 atom stereocenters. The van der Waals surface area contributed by atoms with Gasteiger partial charge >= 0.3 is 0 Å². The molecule has 0 aliphatic heterocycles. The van der Waals surface area contributed by atoms with Crippen LogP contribution in [0.3, 0.4) is 0 Å². The fraction of sp³-hybridized carbons (Fsp3) is 0.385. The second-order valence-electron chi connectivity index (χ2n) is 8.89. The average Bonchev–Trinajstić information content (AvgIpc) is 3.55. The van der Waals surface area contributed by atoms with E-state index >= 15 is 0 Å². The van der Waals surface area contributed by atoms with Gasteiger partial charge in [-0.05, 0) is 36.8 Å². The first-order valence-corrected chi connectivity index (χ1v) is 11.7. The number of anilines is 1. The highest BCUT2D eigenvalue weighted by atomic mass is 16.2. The normalized spacial score (nSPS) is 12.8. The maximum absolute atomic E-state index is 12.3. The molecule has 1 fully saturated rings. The van der Waals surface area contributed by atoms with Crippen LogP contribution in [-0.2, 0) is 4.79 Å². The van der Waals surface area contributed by atoms with Crippen LogP contribution in [0.5, 0.6) is 0 Å². The van der Waals surface area contributed by atoms with Crippen molar-refractivity contribution < 1.29 is 9.59 Å². The number of aromatic nitrogens is 3. The monoisotopic (exact) mass is 458 g/mol. The highest BCUT2D eigenvalue weighted by molar-refractivity contribution is 5.95. The number of rotatable bonds is 8. The second kappa shape index (κ2) is 10.4. The molecule has 0 unspecified atom stereocenters. The van der Waals surface area contributed by atoms with Crippen molar-refractivity contribution in [3.8, 4) is 23.1 Å². The maximum Gasteiger partial charge on any atom is 0.251 e. The Hall–Kier alpha value is -3.86. The van der Waals surface area contributed by atoms with Gasteiger partial charge in [0.15, 0.2) is 11.5 Å². The lowest BCUT2D eigenvalue weighted by Crippen LogP contribution is -2.25. The number of hydrogen-bond donors (Lipinski definition) is 3. The molecule has 34 heavy (non-hydrogen) atoms. The van der Waals surface area contributed by atoms with E-state index in [4.69, 9.17) is 0 Å². The van der Waals surface area contributed by atoms with E-state index < -0.39 is 0 Å². The Morgan fingerprint density at radius 3 is 2.65 bits per heavy atom. The molecule has 4 rings (SSSR count). The van der Waals surface area contributed by atoms with Crippen LogP contribution in [0.1, 0.15) is 55.6 Å². The Balaban J connectivity index is 1.64. The van der Waals surface area contributed by atoms with Crippen molar-refractivity contribution in [1.82, 2.24) is 25.0 Å². The predicted octanol–water partition coefficient (Wildman–Crippen LogP) is 3.23. The number of fused-ring (bicyclic) bond motifs is 1. The number of nitrogens with zero attached hydrogens (tertiary/aromatic N) is 3. The molecule has 3 N–H and O–H groups in total. The first-order valence-electron chi connectivity index (χ1n) is 11.7. The van der Waals surface area contributed by atoms with E-state index in [2.05, 4.69) is 51.6 Å². The Morgan fingerprint density at radius 1 is 1.21 bits per heavy atom. The van der Waals surface area contributed by atoms with Gasteiger partial charge in [-0.15, -0.1) is 0 Å². The summed E-state index contributed by atoms with van der Waals surface area (Å²) < 4.78 is 1.97. The summed E-state index contributed by atoms with van der Waals surface area (Å²) >= 11 is 0. The Morgan fingerprint density at radius 2 is 1.97 bits per heavy atom. The minimum absolute atomic E-state index is 0.0362. The van der Waals surface area contributed by atoms with Crippen LogP contribution in [0, 0.1) is 17.8 Å². The summed E-state index contributed by atoms with van der Waals surface area (Å²) in [5.74, 6) is 7.14. The zero-order chi connectivity index (χ0) is 24.1. The molecule has 0 spiro atoms. The Bertz CT molecular complexity index is 1250. The summed E-state index contributed by atoms with van der Waals surface area (Å²) in [6.45, 7) is 5.01. The van der Waals surface area contributed by atoms with Gasteiger partial charge in [-0.1, -0.05) is 31.9 Å². The fourth-order valence-corrected chi connectivity index (χ4v) is 3.42. The first kappa shape index (κ1) is 23.3. The van der Waals surface area contributed by atoms with Gasteiger partial charge in [-0.2, -0.15) is 0 Å². The number of imidazole rings is 1. The molecule has 3 aromatic rings. The van der Waals surface area contributed by atoms with Crippen LogP contribution in [0.15, 0.2) is 36.7 Å². The molecule has 1 aliphatic rings. The third-order valence-electron chi connectivity index (χ3n) is 5.50. The van der Waals surface area contributed by atoms with E-state index in [1.807, 2.05) is 34.9 Å². The van der Waals surface area contributed by atoms with Crippen molar-refractivity contribution in [2.24, 2.45) is 5.92 Å². The molecule has 1 aliphatic carbocycles. The average molecular weight is 459 g/mol. The van der Waals surface area contributed by atoms with Crippen LogP contribution in [0.25, 0.3) is 16.9 Å². The smallest absolute Gasteiger partial charge is 0.251 e. The van der Waals surface area contributed by atoms with E-state index in [1.54, 1.807) is 13.2 Å². The molecule has 176 valence electrons. The molecule has 8 nitrogen and oxygen atoms in total. The molecule has 1 saturated carbocycles. The summed E-state index contributed by atoms with van der Waals surface area (Å²) in [6, 6.07) is 7.87. The second-order valence-corrected chi connectivity index (χ2v) is 8.89. The summed E-state index contributed by atoms with van der Waals surface area (Å²) in [5.41, 5.74) is 3.77. The van der Waals surface area contributed by atoms with E-state index in [9.17, 15) is 9.59 Å². The summed E-state index contributed by atoms with van der Waals surface area (Å²) in [6.07, 6.45) is 6.59. The van der Waals surface area contributed by atoms with E-state index in [0.29, 0.717) is 47.5 Å². The number of carbonyl (C=O) groups is 2. The van der Waals surface area contributed by atoms with Crippen LogP contribution < -0.4 is 16.0 Å². The molecule has 0 bridgehead atoms. The largest absolute Gasteiger partial charge is 0.367 e. The SMILES string of the molecule is CNC(=O)CCC#Cc1cn2c(-c3ccc(C(=O)NC4CC4)cc3)cnc2c(NCC(C)C)n1. The maximum atomic E-state index is 12.3. The number of hydrogen-bond acceptors (Lipinski definition) is 5. The van der Waals surface area contributed by atoms with Gasteiger partial charge in [0, 0.05) is 49.8 Å². The number of carbonyl (C=O) groups excluding carboxylic acids is 2. The summed E-state index contributed by atoms with van der Waals surface area (Å²) in [7, 11) is 1.62. The number of nitrogens with one attached hydrogen (secondary N) is 3. The topological polar surface area (TPSA) is 100 Å². The lowest BCUT2D eigenvalue weighted by Gasteiger charge is -2.11. The van der Waals surface area contributed by atoms with Gasteiger partial charge < -0.3 is 16.0 Å². The van der Waals surface area contributed by atoms with Gasteiger partial charge in [0.2, 0.25) is 5.91 Å². The van der Waals surface area contributed by atoms with E-state index in [0.717, 1.165) is 30.6 Å². The van der Waals surface area contributed by atoms with Crippen molar-refractivity contribution in [1.29, 1.82) is 0 Å². The van der Waals surface area contributed by atoms with Gasteiger partial charge in [0.1, 0.15) is 5.69 Å². The minimum atomic E-state index is -0.0387. The number of benzene rings is 1. The van der Waals surface area contributed by atoms with Crippen molar-refractivity contribution in [2.75, 3.05) is 18.9 Å². The summed E-state index contributed by atoms with van der Waals surface area (Å²) in [4.78, 5) is 33.0. The number of amides is 2. The first-order chi connectivity index (χ1) is 16.4. The highest BCUT2D eigenvalue weighted by Gasteiger charge is 2.23. The third kappa shape index (κ3) is 5.73. The van der Waals surface area contributed by atoms with Crippen LogP contribution >= 0.6 is 0 Å². The molecule has 0 radical (unpaired) electrons. The Kier molecular flexibility index (Phi) is 7.12. The summed E-state index contributed by atoms with van der Waals surface area (Å²) in [5, 5.41) is 8.99. The van der Waals surface area contributed by atoms with E-state index in [1.165, 1.54) is 0 Å². The fourth-order valence-electron chi connectivity index (χ4n) is 3.42. The van der Waals surface area contributed by atoms with E-state index in [-0.39, 0.29) is 11.8 Å². The zero-order valence-corrected chi connectivity index (χ0v) is 19.8. The molecule has 0 saturated heterocycles.